The van der Waals surface area contributed by atoms with Crippen LogP contribution in [0.15, 0.2) is 77.1 Å². The molecule has 2 aromatic heterocycles. The maximum absolute atomic E-state index is 5.11. The van der Waals surface area contributed by atoms with Gasteiger partial charge in [0.25, 0.3) is 0 Å². The molecule has 0 unspecified atom stereocenters. The van der Waals surface area contributed by atoms with Gasteiger partial charge in [0.15, 0.2) is 6.39 Å². The number of nitrogens with zero attached hydrogens (tertiary/aromatic N) is 2. The molecule has 2 aromatic carbocycles. The second-order valence-corrected chi connectivity index (χ2v) is 5.68. The van der Waals surface area contributed by atoms with E-state index in [-0.39, 0.29) is 0 Å². The standard InChI is InChI=1S/C18H12N2OS/c1-2-6-13(7-3-1)18-20-17(11-22-18)15-9-5-4-8-14(15)16-10-21-12-19-16/h1-12H. The summed E-state index contributed by atoms with van der Waals surface area (Å²) in [5.74, 6) is 0. The maximum Gasteiger partial charge on any atom is 0.181 e. The summed E-state index contributed by atoms with van der Waals surface area (Å²) >= 11 is 1.65. The lowest BCUT2D eigenvalue weighted by Crippen LogP contribution is -1.85. The lowest BCUT2D eigenvalue weighted by Gasteiger charge is -2.03. The van der Waals surface area contributed by atoms with Crippen molar-refractivity contribution in [3.63, 3.8) is 0 Å². The van der Waals surface area contributed by atoms with Gasteiger partial charge in [0.1, 0.15) is 17.0 Å². The van der Waals surface area contributed by atoms with Crippen molar-refractivity contribution in [2.45, 2.75) is 0 Å². The zero-order chi connectivity index (χ0) is 14.8. The molecule has 0 atom stereocenters. The van der Waals surface area contributed by atoms with Crippen LogP contribution >= 0.6 is 11.3 Å². The smallest absolute Gasteiger partial charge is 0.181 e. The molecule has 4 rings (SSSR count). The monoisotopic (exact) mass is 304 g/mol. The zero-order valence-electron chi connectivity index (χ0n) is 11.6. The molecule has 2 heterocycles. The summed E-state index contributed by atoms with van der Waals surface area (Å²) in [6, 6.07) is 18.3. The Labute approximate surface area is 131 Å². The Morgan fingerprint density at radius 2 is 1.55 bits per heavy atom. The van der Waals surface area contributed by atoms with Crippen molar-refractivity contribution in [3.05, 3.63) is 72.6 Å². The lowest BCUT2D eigenvalue weighted by molar-refractivity contribution is 0.558. The summed E-state index contributed by atoms with van der Waals surface area (Å²) in [5, 5.41) is 3.10. The van der Waals surface area contributed by atoms with Gasteiger partial charge in [-0.05, 0) is 0 Å². The predicted octanol–water partition coefficient (Wildman–Crippen LogP) is 5.13. The highest BCUT2D eigenvalue weighted by atomic mass is 32.1. The first kappa shape index (κ1) is 13.0. The van der Waals surface area contributed by atoms with E-state index in [1.54, 1.807) is 17.6 Å². The highest BCUT2D eigenvalue weighted by Crippen LogP contribution is 2.34. The summed E-state index contributed by atoms with van der Waals surface area (Å²) in [6.45, 7) is 0. The molecule has 0 saturated carbocycles. The minimum absolute atomic E-state index is 0.824. The average Bonchev–Trinajstić information content (AvgIpc) is 3.28. The Hall–Kier alpha value is -2.72. The Morgan fingerprint density at radius 3 is 2.27 bits per heavy atom. The highest BCUT2D eigenvalue weighted by molar-refractivity contribution is 7.13. The van der Waals surface area contributed by atoms with E-state index in [0.29, 0.717) is 0 Å². The molecule has 0 amide bonds. The molecule has 3 nitrogen and oxygen atoms in total. The Morgan fingerprint density at radius 1 is 0.818 bits per heavy atom. The largest absolute Gasteiger partial charge is 0.451 e. The first-order valence-corrected chi connectivity index (χ1v) is 7.79. The summed E-state index contributed by atoms with van der Waals surface area (Å²) in [6.07, 6.45) is 3.10. The summed E-state index contributed by atoms with van der Waals surface area (Å²) in [5.41, 5.74) is 5.01. The van der Waals surface area contributed by atoms with Crippen LogP contribution in [0.25, 0.3) is 33.1 Å². The number of oxazole rings is 1. The van der Waals surface area contributed by atoms with Gasteiger partial charge in [-0.2, -0.15) is 0 Å². The predicted molar refractivity (Wildman–Crippen MR) is 88.5 cm³/mol. The van der Waals surface area contributed by atoms with Crippen molar-refractivity contribution in [1.82, 2.24) is 9.97 Å². The molecule has 0 N–H and O–H groups in total. The van der Waals surface area contributed by atoms with Crippen LogP contribution in [-0.4, -0.2) is 9.97 Å². The van der Waals surface area contributed by atoms with E-state index < -0.39 is 0 Å². The molecule has 4 heteroatoms. The molecule has 0 aliphatic rings. The summed E-state index contributed by atoms with van der Waals surface area (Å²) < 4.78 is 5.11. The van der Waals surface area contributed by atoms with Crippen LogP contribution in [0.4, 0.5) is 0 Å². The summed E-state index contributed by atoms with van der Waals surface area (Å²) in [7, 11) is 0. The minimum atomic E-state index is 0.824. The molecular weight excluding hydrogens is 292 g/mol. The van der Waals surface area contributed by atoms with Gasteiger partial charge in [-0.3, -0.25) is 0 Å². The second kappa shape index (κ2) is 5.58. The van der Waals surface area contributed by atoms with Crippen molar-refractivity contribution in [1.29, 1.82) is 0 Å². The SMILES string of the molecule is c1ccc(-c2nc(-c3ccccc3-c3cocn3)cs2)cc1. The van der Waals surface area contributed by atoms with E-state index in [4.69, 9.17) is 9.40 Å². The molecule has 0 bridgehead atoms. The molecular formula is C18H12N2OS. The molecule has 0 spiro atoms. The fourth-order valence-corrected chi connectivity index (χ4v) is 3.21. The van der Waals surface area contributed by atoms with Gasteiger partial charge in [0.05, 0.1) is 5.69 Å². The van der Waals surface area contributed by atoms with Crippen molar-refractivity contribution >= 4 is 11.3 Å². The summed E-state index contributed by atoms with van der Waals surface area (Å²) in [4.78, 5) is 9.03. The number of aromatic nitrogens is 2. The molecule has 0 radical (unpaired) electrons. The number of hydrogen-bond acceptors (Lipinski definition) is 4. The van der Waals surface area contributed by atoms with Crippen molar-refractivity contribution < 1.29 is 4.42 Å². The third-order valence-corrected chi connectivity index (χ3v) is 4.33. The van der Waals surface area contributed by atoms with Crippen LogP contribution in [-0.2, 0) is 0 Å². The van der Waals surface area contributed by atoms with Gasteiger partial charge in [-0.1, -0.05) is 54.6 Å². The third kappa shape index (κ3) is 2.34. The molecule has 22 heavy (non-hydrogen) atoms. The third-order valence-electron chi connectivity index (χ3n) is 3.44. The molecule has 4 aromatic rings. The zero-order valence-corrected chi connectivity index (χ0v) is 12.5. The van der Waals surface area contributed by atoms with Gasteiger partial charge in [0, 0.05) is 22.1 Å². The van der Waals surface area contributed by atoms with Gasteiger partial charge >= 0.3 is 0 Å². The second-order valence-electron chi connectivity index (χ2n) is 4.82. The number of rotatable bonds is 3. The molecule has 0 aliphatic heterocycles. The van der Waals surface area contributed by atoms with Crippen LogP contribution in [0, 0.1) is 0 Å². The lowest BCUT2D eigenvalue weighted by atomic mass is 10.0. The van der Waals surface area contributed by atoms with E-state index >= 15 is 0 Å². The topological polar surface area (TPSA) is 38.9 Å². The minimum Gasteiger partial charge on any atom is -0.451 e. The Kier molecular flexibility index (Phi) is 3.29. The van der Waals surface area contributed by atoms with Gasteiger partial charge in [0.2, 0.25) is 0 Å². The van der Waals surface area contributed by atoms with E-state index in [1.165, 1.54) is 6.39 Å². The molecule has 0 saturated heterocycles. The maximum atomic E-state index is 5.11. The van der Waals surface area contributed by atoms with Gasteiger partial charge in [-0.15, -0.1) is 11.3 Å². The van der Waals surface area contributed by atoms with E-state index in [0.717, 1.165) is 33.1 Å². The van der Waals surface area contributed by atoms with Crippen molar-refractivity contribution in [2.75, 3.05) is 0 Å². The number of thiazole rings is 1. The molecule has 106 valence electrons. The first-order chi connectivity index (χ1) is 10.9. The van der Waals surface area contributed by atoms with Gasteiger partial charge in [-0.25, -0.2) is 9.97 Å². The van der Waals surface area contributed by atoms with Crippen LogP contribution in [0.3, 0.4) is 0 Å². The molecule has 0 fully saturated rings. The number of benzene rings is 2. The van der Waals surface area contributed by atoms with Gasteiger partial charge < -0.3 is 4.42 Å². The van der Waals surface area contributed by atoms with Crippen LogP contribution in [0.1, 0.15) is 0 Å². The molecule has 0 aliphatic carbocycles. The number of hydrogen-bond donors (Lipinski definition) is 0. The fraction of sp³-hybridized carbons (Fsp3) is 0. The van der Waals surface area contributed by atoms with E-state index in [9.17, 15) is 0 Å². The highest BCUT2D eigenvalue weighted by Gasteiger charge is 2.12. The Bertz CT molecular complexity index is 882. The van der Waals surface area contributed by atoms with E-state index in [2.05, 4.69) is 28.6 Å². The fourth-order valence-electron chi connectivity index (χ4n) is 2.39. The quantitative estimate of drug-likeness (QED) is 0.526. The normalized spacial score (nSPS) is 10.7. The van der Waals surface area contributed by atoms with Crippen LogP contribution < -0.4 is 0 Å². The van der Waals surface area contributed by atoms with E-state index in [1.807, 2.05) is 36.4 Å². The van der Waals surface area contributed by atoms with Crippen LogP contribution in [0.5, 0.6) is 0 Å². The van der Waals surface area contributed by atoms with Crippen molar-refractivity contribution in [3.8, 4) is 33.1 Å². The van der Waals surface area contributed by atoms with Crippen molar-refractivity contribution in [2.24, 2.45) is 0 Å². The van der Waals surface area contributed by atoms with Crippen LogP contribution in [0.2, 0.25) is 0 Å². The average molecular weight is 304 g/mol. The first-order valence-electron chi connectivity index (χ1n) is 6.91. The Balaban J connectivity index is 1.80.